The highest BCUT2D eigenvalue weighted by Gasteiger charge is 2.64. The van der Waals surface area contributed by atoms with Gasteiger partial charge in [0.15, 0.2) is 11.1 Å². The molecule has 0 saturated carbocycles. The van der Waals surface area contributed by atoms with Crippen LogP contribution >= 0.6 is 0 Å². The topological polar surface area (TPSA) is 70.5 Å². The van der Waals surface area contributed by atoms with E-state index in [9.17, 15) is 35.9 Å². The molecule has 0 spiro atoms. The van der Waals surface area contributed by atoms with Crippen LogP contribution in [0.5, 0.6) is 0 Å². The van der Waals surface area contributed by atoms with E-state index in [0.29, 0.717) is 4.90 Å². The van der Waals surface area contributed by atoms with Gasteiger partial charge in [-0.15, -0.1) is 0 Å². The number of hydrogen-bond acceptors (Lipinski definition) is 3. The minimum Gasteiger partial charge on any atom is -0.481 e. The summed E-state index contributed by atoms with van der Waals surface area (Å²) in [6, 6.07) is 1.82. The highest BCUT2D eigenvalue weighted by atomic mass is 19.4. The van der Waals surface area contributed by atoms with Gasteiger partial charge in [-0.25, -0.2) is 0 Å². The molecule has 24 heavy (non-hydrogen) atoms. The van der Waals surface area contributed by atoms with E-state index < -0.39 is 60.4 Å². The maximum absolute atomic E-state index is 13.1. The van der Waals surface area contributed by atoms with E-state index in [1.54, 1.807) is 0 Å². The zero-order chi connectivity index (χ0) is 18.3. The van der Waals surface area contributed by atoms with E-state index in [4.69, 9.17) is 5.11 Å². The van der Waals surface area contributed by atoms with Crippen molar-refractivity contribution < 1.29 is 41.0 Å². The minimum absolute atomic E-state index is 0.452. The molecule has 0 bridgehead atoms. The van der Waals surface area contributed by atoms with Crippen molar-refractivity contribution in [3.05, 3.63) is 29.6 Å². The summed E-state index contributed by atoms with van der Waals surface area (Å²) in [4.78, 5) is 26.7. The summed E-state index contributed by atoms with van der Waals surface area (Å²) in [6.45, 7) is -1.88. The van der Waals surface area contributed by atoms with Crippen LogP contribution in [0.3, 0.4) is 0 Å². The summed E-state index contributed by atoms with van der Waals surface area (Å²) in [5, 5.41) is 8.90. The standard InChI is InChI=1S/C13H10F6N2O3/c14-12(15,16)8-7(2-1-4-20-8)9(22)21-5-3-11(6-21,10(23)24)13(17,18)19/h1-2,4H,3,5-6H2,(H,23,24). The van der Waals surface area contributed by atoms with Gasteiger partial charge in [-0.05, 0) is 18.6 Å². The van der Waals surface area contributed by atoms with Crippen LogP contribution in [0.2, 0.25) is 0 Å². The van der Waals surface area contributed by atoms with Crippen LogP contribution in [0.15, 0.2) is 18.3 Å². The molecule has 1 amide bonds. The normalized spacial score (nSPS) is 21.8. The number of likely N-dealkylation sites (tertiary alicyclic amines) is 1. The van der Waals surface area contributed by atoms with E-state index in [1.807, 2.05) is 0 Å². The lowest BCUT2D eigenvalue weighted by Gasteiger charge is -2.27. The molecule has 1 aliphatic heterocycles. The predicted molar refractivity (Wildman–Crippen MR) is 65.9 cm³/mol. The summed E-state index contributed by atoms with van der Waals surface area (Å²) in [6.07, 6.45) is -10.3. The lowest BCUT2D eigenvalue weighted by Crippen LogP contribution is -2.47. The van der Waals surface area contributed by atoms with Crippen molar-refractivity contribution in [1.29, 1.82) is 0 Å². The van der Waals surface area contributed by atoms with Crippen LogP contribution in [-0.2, 0) is 11.0 Å². The van der Waals surface area contributed by atoms with Crippen molar-refractivity contribution in [3.8, 4) is 0 Å². The molecule has 11 heteroatoms. The van der Waals surface area contributed by atoms with E-state index in [2.05, 4.69) is 4.98 Å². The second kappa shape index (κ2) is 5.64. The molecule has 1 aromatic heterocycles. The Kier molecular flexibility index (Phi) is 4.23. The molecule has 1 atom stereocenters. The first kappa shape index (κ1) is 18.0. The highest BCUT2D eigenvalue weighted by molar-refractivity contribution is 5.96. The fraction of sp³-hybridized carbons (Fsp3) is 0.462. The number of pyridine rings is 1. The Morgan fingerprint density at radius 3 is 2.29 bits per heavy atom. The Balaban J connectivity index is 2.36. The number of halogens is 6. The molecule has 0 radical (unpaired) electrons. The number of carbonyl (C=O) groups excluding carboxylic acids is 1. The Hall–Kier alpha value is -2.33. The van der Waals surface area contributed by atoms with Crippen molar-refractivity contribution in [2.24, 2.45) is 5.41 Å². The van der Waals surface area contributed by atoms with Crippen molar-refractivity contribution >= 4 is 11.9 Å². The number of nitrogens with zero attached hydrogens (tertiary/aromatic N) is 2. The smallest absolute Gasteiger partial charge is 0.434 e. The number of aromatic nitrogens is 1. The predicted octanol–water partition coefficient (Wildman–Crippen LogP) is 2.58. The maximum Gasteiger partial charge on any atom is 0.434 e. The molecule has 2 heterocycles. The highest BCUT2D eigenvalue weighted by Crippen LogP contribution is 2.46. The summed E-state index contributed by atoms with van der Waals surface area (Å²) < 4.78 is 77.8. The first-order chi connectivity index (χ1) is 10.9. The number of aliphatic carboxylic acids is 1. The summed E-state index contributed by atoms with van der Waals surface area (Å²) in [5.41, 5.74) is -5.65. The van der Waals surface area contributed by atoms with Gasteiger partial charge in [-0.3, -0.25) is 14.6 Å². The third-order valence-corrected chi connectivity index (χ3v) is 3.82. The Labute approximate surface area is 130 Å². The number of amides is 1. The second-order valence-electron chi connectivity index (χ2n) is 5.26. The molecule has 0 aliphatic carbocycles. The van der Waals surface area contributed by atoms with Gasteiger partial charge in [0.25, 0.3) is 5.91 Å². The Morgan fingerprint density at radius 2 is 1.83 bits per heavy atom. The van der Waals surface area contributed by atoms with Crippen LogP contribution in [0.25, 0.3) is 0 Å². The average Bonchev–Trinajstić information content (AvgIpc) is 2.92. The van der Waals surface area contributed by atoms with E-state index in [-0.39, 0.29) is 0 Å². The van der Waals surface area contributed by atoms with Gasteiger partial charge in [0, 0.05) is 19.3 Å². The van der Waals surface area contributed by atoms with E-state index in [1.165, 1.54) is 0 Å². The number of rotatable bonds is 2. The number of carboxylic acid groups (broad SMARTS) is 1. The van der Waals surface area contributed by atoms with Crippen molar-refractivity contribution in [1.82, 2.24) is 9.88 Å². The molecule has 1 saturated heterocycles. The fourth-order valence-corrected chi connectivity index (χ4v) is 2.48. The molecular weight excluding hydrogens is 346 g/mol. The van der Waals surface area contributed by atoms with Gasteiger partial charge in [0.05, 0.1) is 5.56 Å². The second-order valence-corrected chi connectivity index (χ2v) is 5.26. The number of alkyl halides is 6. The molecule has 0 aromatic carbocycles. The lowest BCUT2D eigenvalue weighted by atomic mass is 9.86. The SMILES string of the molecule is O=C(c1cccnc1C(F)(F)F)N1CCC(C(=O)O)(C(F)(F)F)C1. The lowest BCUT2D eigenvalue weighted by molar-refractivity contribution is -0.227. The van der Waals surface area contributed by atoms with Gasteiger partial charge in [0.1, 0.15) is 0 Å². The molecule has 5 nitrogen and oxygen atoms in total. The summed E-state index contributed by atoms with van der Waals surface area (Å²) in [5.74, 6) is -3.52. The van der Waals surface area contributed by atoms with Crippen LogP contribution in [0, 0.1) is 5.41 Å². The molecular formula is C13H10F6N2O3. The summed E-state index contributed by atoms with van der Waals surface area (Å²) >= 11 is 0. The van der Waals surface area contributed by atoms with Gasteiger partial charge in [0.2, 0.25) is 0 Å². The van der Waals surface area contributed by atoms with Crippen molar-refractivity contribution in [3.63, 3.8) is 0 Å². The monoisotopic (exact) mass is 356 g/mol. The van der Waals surface area contributed by atoms with Crippen molar-refractivity contribution in [2.75, 3.05) is 13.1 Å². The fourth-order valence-electron chi connectivity index (χ4n) is 2.48. The van der Waals surface area contributed by atoms with Crippen LogP contribution in [-0.4, -0.2) is 46.1 Å². The number of hydrogen-bond donors (Lipinski definition) is 1. The zero-order valence-corrected chi connectivity index (χ0v) is 11.8. The molecule has 1 fully saturated rings. The Morgan fingerprint density at radius 1 is 1.21 bits per heavy atom. The molecule has 2 rings (SSSR count). The van der Waals surface area contributed by atoms with Crippen LogP contribution < -0.4 is 0 Å². The molecule has 1 N–H and O–H groups in total. The number of carboxylic acids is 1. The average molecular weight is 356 g/mol. The third kappa shape index (κ3) is 2.89. The molecule has 1 unspecified atom stereocenters. The maximum atomic E-state index is 13.1. The van der Waals surface area contributed by atoms with Gasteiger partial charge in [-0.2, -0.15) is 26.3 Å². The van der Waals surface area contributed by atoms with Crippen LogP contribution in [0.1, 0.15) is 22.5 Å². The zero-order valence-electron chi connectivity index (χ0n) is 11.8. The van der Waals surface area contributed by atoms with Crippen molar-refractivity contribution in [2.45, 2.75) is 18.8 Å². The molecule has 1 aromatic rings. The van der Waals surface area contributed by atoms with Gasteiger partial charge in [-0.1, -0.05) is 0 Å². The van der Waals surface area contributed by atoms with Gasteiger partial charge < -0.3 is 10.0 Å². The van der Waals surface area contributed by atoms with Gasteiger partial charge >= 0.3 is 18.3 Å². The first-order valence-electron chi connectivity index (χ1n) is 6.52. The third-order valence-electron chi connectivity index (χ3n) is 3.82. The van der Waals surface area contributed by atoms with E-state index in [0.717, 1.165) is 18.3 Å². The quantitative estimate of drug-likeness (QED) is 0.827. The molecule has 132 valence electrons. The number of carbonyl (C=O) groups is 2. The Bertz CT molecular complexity index is 672. The first-order valence-corrected chi connectivity index (χ1v) is 6.52. The minimum atomic E-state index is -5.14. The van der Waals surface area contributed by atoms with Crippen LogP contribution in [0.4, 0.5) is 26.3 Å². The summed E-state index contributed by atoms with van der Waals surface area (Å²) in [7, 11) is 0. The molecule has 1 aliphatic rings. The largest absolute Gasteiger partial charge is 0.481 e. The van der Waals surface area contributed by atoms with E-state index >= 15 is 0 Å².